The summed E-state index contributed by atoms with van der Waals surface area (Å²) < 4.78 is 12.0. The second kappa shape index (κ2) is 28.0. The number of likely N-dealkylation sites (tertiary alicyclic amines) is 2. The Labute approximate surface area is 460 Å². The van der Waals surface area contributed by atoms with Gasteiger partial charge in [-0.25, -0.2) is 0 Å². The van der Waals surface area contributed by atoms with E-state index >= 15 is 0 Å². The summed E-state index contributed by atoms with van der Waals surface area (Å²) in [5, 5.41) is 18.6. The van der Waals surface area contributed by atoms with Gasteiger partial charge in [-0.2, -0.15) is 0 Å². The first kappa shape index (κ1) is 57.1. The monoisotopic (exact) mass is 1060 g/mol. The van der Waals surface area contributed by atoms with E-state index in [0.29, 0.717) is 56.7 Å². The van der Waals surface area contributed by atoms with E-state index in [0.717, 1.165) is 67.2 Å². The molecule has 0 saturated carbocycles. The summed E-state index contributed by atoms with van der Waals surface area (Å²) in [5.41, 5.74) is 6.45. The first-order valence-electron chi connectivity index (χ1n) is 28.4. The number of rotatable bonds is 24. The molecule has 4 aliphatic rings. The molecule has 416 valence electrons. The number of hydrogen-bond acceptors (Lipinski definition) is 10. The van der Waals surface area contributed by atoms with Crippen LogP contribution >= 0.6 is 0 Å². The zero-order valence-corrected chi connectivity index (χ0v) is 45.9. The van der Waals surface area contributed by atoms with E-state index in [1.54, 1.807) is 30.8 Å². The van der Waals surface area contributed by atoms with Crippen LogP contribution in [-0.2, 0) is 54.5 Å². The summed E-state index contributed by atoms with van der Waals surface area (Å²) in [6.07, 6.45) is 13.8. The predicted molar refractivity (Wildman–Crippen MR) is 301 cm³/mol. The van der Waals surface area contributed by atoms with Gasteiger partial charge in [-0.05, 0) is 161 Å². The molecule has 8 rings (SSSR count). The molecule has 78 heavy (non-hydrogen) atoms. The van der Waals surface area contributed by atoms with Gasteiger partial charge in [-0.15, -0.1) is 0 Å². The van der Waals surface area contributed by atoms with Crippen molar-refractivity contribution in [1.82, 2.24) is 41.7 Å². The highest BCUT2D eigenvalue weighted by atomic mass is 16.5. The Morgan fingerprint density at radius 3 is 1.45 bits per heavy atom. The minimum atomic E-state index is -0.877. The van der Waals surface area contributed by atoms with Gasteiger partial charge in [0.2, 0.25) is 35.4 Å². The zero-order valence-electron chi connectivity index (χ0n) is 45.9. The van der Waals surface area contributed by atoms with Crippen LogP contribution in [0.3, 0.4) is 0 Å². The Balaban J connectivity index is 0.823. The summed E-state index contributed by atoms with van der Waals surface area (Å²) in [6.45, 7) is 5.20. The molecule has 0 aromatic heterocycles. The average molecular weight is 1070 g/mol. The van der Waals surface area contributed by atoms with Crippen molar-refractivity contribution in [1.29, 1.82) is 0 Å². The largest absolute Gasteiger partial charge is 0.490 e. The smallest absolute Gasteiger partial charge is 0.246 e. The lowest BCUT2D eigenvalue weighted by molar-refractivity contribution is -0.141. The van der Waals surface area contributed by atoms with Crippen molar-refractivity contribution in [2.45, 2.75) is 152 Å². The minimum absolute atomic E-state index is 0.0953. The highest BCUT2D eigenvalue weighted by molar-refractivity contribution is 5.95. The van der Waals surface area contributed by atoms with Gasteiger partial charge in [0.25, 0.3) is 0 Å². The number of aryl methyl sites for hydroxylation is 2. The van der Waals surface area contributed by atoms with Gasteiger partial charge in [0.05, 0.1) is 24.2 Å². The van der Waals surface area contributed by atoms with Gasteiger partial charge in [-0.1, -0.05) is 86.1 Å². The van der Waals surface area contributed by atoms with Crippen molar-refractivity contribution in [2.24, 2.45) is 0 Å². The fourth-order valence-corrected chi connectivity index (χ4v) is 11.5. The summed E-state index contributed by atoms with van der Waals surface area (Å²) >= 11 is 0. The fourth-order valence-electron chi connectivity index (χ4n) is 11.5. The van der Waals surface area contributed by atoms with Crippen LogP contribution in [0.4, 0.5) is 0 Å². The van der Waals surface area contributed by atoms with Crippen molar-refractivity contribution in [3.05, 3.63) is 143 Å². The molecule has 2 heterocycles. The van der Waals surface area contributed by atoms with Crippen LogP contribution in [0, 0.1) is 0 Å². The Morgan fingerprint density at radius 1 is 0.564 bits per heavy atom. The van der Waals surface area contributed by atoms with Gasteiger partial charge in [0.1, 0.15) is 48.9 Å². The Kier molecular flexibility index (Phi) is 20.5. The molecule has 6 N–H and O–H groups in total. The second-order valence-corrected chi connectivity index (χ2v) is 21.2. The summed E-state index contributed by atoms with van der Waals surface area (Å²) in [7, 11) is 3.44. The molecule has 16 heteroatoms. The lowest BCUT2D eigenvalue weighted by Gasteiger charge is -2.32. The molecule has 0 unspecified atom stereocenters. The van der Waals surface area contributed by atoms with E-state index in [1.807, 2.05) is 91.9 Å². The highest BCUT2D eigenvalue weighted by Gasteiger charge is 2.41. The molecule has 8 atom stereocenters. The lowest BCUT2D eigenvalue weighted by atomic mass is 9.87. The molecule has 2 aliphatic carbocycles. The van der Waals surface area contributed by atoms with E-state index in [-0.39, 0.29) is 73.6 Å². The Hall–Kier alpha value is -7.04. The standard InChI is InChI=1S/C62H80N8O8/c1-5-16-52(64-4)58(72)68-54(62(76)70-36-15-26-56(70)60(74)66-51-24-13-20-45-18-7-9-22-49(45)51)40-43-29-33-47(34-30-43)78-38-11-10-37-77-46-31-27-42(28-32-46)39-53(67-57(71)41(2)63-3)61(75)69-35-14-25-55(69)59(73)65-50-23-12-19-44-17-6-8-21-48(44)50/h6-11,17-18,21-22,27-34,41,50-56,63-64H,5,12-16,19-20,23-26,35-40H2,1-4H3,(H,65,73)(H,66,74)(H,67,71)(H,68,72)/b11-10+/t41-,50+,51-,52+,53-,54+,55-,56+/m1/s1. The van der Waals surface area contributed by atoms with Crippen molar-refractivity contribution in [2.75, 3.05) is 40.4 Å². The van der Waals surface area contributed by atoms with Gasteiger partial charge in [-0.3, -0.25) is 28.8 Å². The molecular formula is C62H80N8O8. The zero-order chi connectivity index (χ0) is 55.0. The molecule has 0 radical (unpaired) electrons. The molecule has 6 amide bonds. The number of nitrogens with zero attached hydrogens (tertiary/aromatic N) is 2. The van der Waals surface area contributed by atoms with Crippen molar-refractivity contribution >= 4 is 35.4 Å². The third-order valence-corrected chi connectivity index (χ3v) is 15.9. The van der Waals surface area contributed by atoms with E-state index in [4.69, 9.17) is 9.47 Å². The number of fused-ring (bicyclic) bond motifs is 2. The van der Waals surface area contributed by atoms with E-state index in [9.17, 15) is 28.8 Å². The second-order valence-electron chi connectivity index (χ2n) is 21.2. The quantitative estimate of drug-likeness (QED) is 0.0445. The first-order valence-corrected chi connectivity index (χ1v) is 28.4. The lowest BCUT2D eigenvalue weighted by Crippen LogP contribution is -2.56. The van der Waals surface area contributed by atoms with Crippen LogP contribution in [0.5, 0.6) is 11.5 Å². The third-order valence-electron chi connectivity index (χ3n) is 15.9. The summed E-state index contributed by atoms with van der Waals surface area (Å²) in [5.74, 6) is -0.146. The van der Waals surface area contributed by atoms with E-state index < -0.39 is 36.3 Å². The summed E-state index contributed by atoms with van der Waals surface area (Å²) in [6, 6.07) is 27.2. The third kappa shape index (κ3) is 14.7. The van der Waals surface area contributed by atoms with Crippen molar-refractivity contribution in [3.8, 4) is 11.5 Å². The van der Waals surface area contributed by atoms with Crippen LogP contribution < -0.4 is 41.4 Å². The number of nitrogens with one attached hydrogen (secondary N) is 6. The van der Waals surface area contributed by atoms with Crippen molar-refractivity contribution in [3.63, 3.8) is 0 Å². The average Bonchev–Trinajstić information content (AvgIpc) is 4.18. The molecule has 2 saturated heterocycles. The minimum Gasteiger partial charge on any atom is -0.490 e. The number of carbonyl (C=O) groups is 6. The van der Waals surface area contributed by atoms with Crippen LogP contribution in [0.1, 0.15) is 124 Å². The predicted octanol–water partition coefficient (Wildman–Crippen LogP) is 6.12. The summed E-state index contributed by atoms with van der Waals surface area (Å²) in [4.78, 5) is 86.5. The normalized spacial score (nSPS) is 20.4. The number of ether oxygens (including phenoxy) is 2. The van der Waals surface area contributed by atoms with Crippen LogP contribution in [-0.4, -0.2) is 122 Å². The number of likely N-dealkylation sites (N-methyl/N-ethyl adjacent to an activating group) is 2. The van der Waals surface area contributed by atoms with E-state index in [2.05, 4.69) is 56.2 Å². The molecule has 2 fully saturated rings. The van der Waals surface area contributed by atoms with Crippen LogP contribution in [0.2, 0.25) is 0 Å². The van der Waals surface area contributed by atoms with Gasteiger partial charge in [0.15, 0.2) is 0 Å². The topological polar surface area (TPSA) is 200 Å². The van der Waals surface area contributed by atoms with Gasteiger partial charge >= 0.3 is 0 Å². The first-order chi connectivity index (χ1) is 37.9. The molecular weight excluding hydrogens is 985 g/mol. The highest BCUT2D eigenvalue weighted by Crippen LogP contribution is 2.32. The molecule has 0 spiro atoms. The number of amides is 6. The maximum atomic E-state index is 14.4. The van der Waals surface area contributed by atoms with Crippen LogP contribution in [0.25, 0.3) is 0 Å². The van der Waals surface area contributed by atoms with Gasteiger partial charge in [0, 0.05) is 25.9 Å². The molecule has 0 bridgehead atoms. The number of hydrogen-bond donors (Lipinski definition) is 6. The SMILES string of the molecule is CCC[C@H](NC)C(=O)N[C@@H](Cc1ccc(OC/C=C/COc2ccc(C[C@@H](NC(=O)[C@@H](C)NC)C(=O)N3CCC[C@@H]3C(=O)N[C@H]3CCCc4ccccc43)cc2)cc1)C(=O)N1CCC[C@H]1C(=O)N[C@@H]1CCCc2ccccc21. The van der Waals surface area contributed by atoms with Gasteiger partial charge < -0.3 is 51.2 Å². The molecule has 16 nitrogen and oxygen atoms in total. The number of benzene rings is 4. The van der Waals surface area contributed by atoms with E-state index in [1.165, 1.54) is 11.1 Å². The number of carbonyl (C=O) groups excluding carboxylic acids is 6. The van der Waals surface area contributed by atoms with Crippen molar-refractivity contribution < 1.29 is 38.2 Å². The molecule has 4 aromatic rings. The Bertz CT molecular complexity index is 2710. The fraction of sp³-hybridized carbons (Fsp3) is 0.484. The molecule has 4 aromatic carbocycles. The Morgan fingerprint density at radius 2 is 1.01 bits per heavy atom. The maximum absolute atomic E-state index is 14.4. The van der Waals surface area contributed by atoms with Crippen LogP contribution in [0.15, 0.2) is 109 Å². The maximum Gasteiger partial charge on any atom is 0.246 e. The molecule has 2 aliphatic heterocycles.